The van der Waals surface area contributed by atoms with Crippen molar-refractivity contribution in [1.82, 2.24) is 0 Å². The van der Waals surface area contributed by atoms with E-state index in [2.05, 4.69) is 55.7 Å². The maximum Gasteiger partial charge on any atom is 0.0330 e. The van der Waals surface area contributed by atoms with Crippen LogP contribution in [0.25, 0.3) is 0 Å². The minimum absolute atomic E-state index is 0.578. The number of hydrogen-bond acceptors (Lipinski definition) is 1. The highest BCUT2D eigenvalue weighted by Gasteiger charge is 2.21. The van der Waals surface area contributed by atoms with E-state index in [9.17, 15) is 0 Å². The summed E-state index contributed by atoms with van der Waals surface area (Å²) >= 11 is 1.94. The minimum Gasteiger partial charge on any atom is -0.157 e. The first-order chi connectivity index (χ1) is 7.31. The van der Waals surface area contributed by atoms with Gasteiger partial charge in [0.25, 0.3) is 0 Å². The average Bonchev–Trinajstić information content (AvgIpc) is 2.30. The molecule has 0 aromatic carbocycles. The lowest BCUT2D eigenvalue weighted by Crippen LogP contribution is -2.17. The summed E-state index contributed by atoms with van der Waals surface area (Å²) in [6.07, 6.45) is 19.4. The Bertz CT molecular complexity index is 333. The molecule has 3 atom stereocenters. The fourth-order valence-electron chi connectivity index (χ4n) is 2.10. The fourth-order valence-corrected chi connectivity index (χ4v) is 2.89. The molecule has 3 unspecified atom stereocenters. The Morgan fingerprint density at radius 2 is 2.00 bits per heavy atom. The largest absolute Gasteiger partial charge is 0.157 e. The van der Waals surface area contributed by atoms with Gasteiger partial charge in [-0.2, -0.15) is 11.8 Å². The summed E-state index contributed by atoms with van der Waals surface area (Å²) in [6.45, 7) is 2.27. The number of allylic oxidation sites excluding steroid dienone is 7. The average molecular weight is 218 g/mol. The topological polar surface area (TPSA) is 0 Å². The summed E-state index contributed by atoms with van der Waals surface area (Å²) in [5.41, 5.74) is 1.49. The van der Waals surface area contributed by atoms with Crippen molar-refractivity contribution in [2.75, 3.05) is 6.26 Å². The van der Waals surface area contributed by atoms with Crippen molar-refractivity contribution >= 4 is 11.8 Å². The Morgan fingerprint density at radius 1 is 1.20 bits per heavy atom. The molecule has 2 aliphatic rings. The number of thioether (sulfide) groups is 1. The molecule has 15 heavy (non-hydrogen) atoms. The van der Waals surface area contributed by atoms with Crippen molar-refractivity contribution in [3.05, 3.63) is 48.1 Å². The Balaban J connectivity index is 2.13. The number of hydrogen-bond donors (Lipinski definition) is 0. The molecule has 0 aromatic heterocycles. The molecule has 0 radical (unpaired) electrons. The molecule has 0 saturated heterocycles. The van der Waals surface area contributed by atoms with Crippen LogP contribution in [0.3, 0.4) is 0 Å². The van der Waals surface area contributed by atoms with Gasteiger partial charge in [-0.15, -0.1) is 0 Å². The van der Waals surface area contributed by atoms with E-state index in [1.54, 1.807) is 0 Å². The van der Waals surface area contributed by atoms with Crippen LogP contribution in [0.1, 0.15) is 13.3 Å². The van der Waals surface area contributed by atoms with Crippen LogP contribution >= 0.6 is 11.8 Å². The van der Waals surface area contributed by atoms with E-state index in [-0.39, 0.29) is 0 Å². The molecule has 2 rings (SSSR count). The molecule has 0 fully saturated rings. The van der Waals surface area contributed by atoms with E-state index < -0.39 is 0 Å². The van der Waals surface area contributed by atoms with Crippen molar-refractivity contribution in [3.8, 4) is 0 Å². The van der Waals surface area contributed by atoms with E-state index in [0.29, 0.717) is 17.1 Å². The smallest absolute Gasteiger partial charge is 0.0330 e. The first-order valence-electron chi connectivity index (χ1n) is 5.57. The third-order valence-electron chi connectivity index (χ3n) is 3.08. The second-order valence-electron chi connectivity index (χ2n) is 4.27. The van der Waals surface area contributed by atoms with Gasteiger partial charge in [0.2, 0.25) is 0 Å². The van der Waals surface area contributed by atoms with Crippen LogP contribution in [0.15, 0.2) is 48.1 Å². The molecule has 0 aromatic rings. The molecule has 0 spiro atoms. The Kier molecular flexibility index (Phi) is 3.53. The zero-order valence-corrected chi connectivity index (χ0v) is 10.2. The van der Waals surface area contributed by atoms with Crippen molar-refractivity contribution in [2.24, 2.45) is 11.8 Å². The first-order valence-corrected chi connectivity index (χ1v) is 6.86. The molecule has 2 aliphatic carbocycles. The summed E-state index contributed by atoms with van der Waals surface area (Å²) in [7, 11) is 0. The summed E-state index contributed by atoms with van der Waals surface area (Å²) in [5, 5.41) is 0.610. The van der Waals surface area contributed by atoms with Crippen LogP contribution in [-0.2, 0) is 0 Å². The van der Waals surface area contributed by atoms with E-state index in [1.165, 1.54) is 12.0 Å². The summed E-state index contributed by atoms with van der Waals surface area (Å²) in [6, 6.07) is 0. The van der Waals surface area contributed by atoms with E-state index in [1.807, 2.05) is 11.8 Å². The predicted molar refractivity (Wildman–Crippen MR) is 70.1 cm³/mol. The molecule has 0 saturated carbocycles. The van der Waals surface area contributed by atoms with Crippen molar-refractivity contribution in [2.45, 2.75) is 18.6 Å². The highest BCUT2D eigenvalue weighted by molar-refractivity contribution is 7.99. The normalized spacial score (nSPS) is 34.3. The van der Waals surface area contributed by atoms with Crippen LogP contribution < -0.4 is 0 Å². The highest BCUT2D eigenvalue weighted by atomic mass is 32.2. The summed E-state index contributed by atoms with van der Waals surface area (Å²) in [4.78, 5) is 0. The van der Waals surface area contributed by atoms with E-state index >= 15 is 0 Å². The summed E-state index contributed by atoms with van der Waals surface area (Å²) < 4.78 is 0. The standard InChI is InChI=1S/C14H18S/c1-11-7-9-12(10-8-11)13-5-3-4-6-14(13)15-2/h3-7,9-11,13-14H,8H2,1-2H3. The third kappa shape index (κ3) is 2.46. The fraction of sp³-hybridized carbons (Fsp3) is 0.429. The molecule has 0 nitrogen and oxygen atoms in total. The maximum absolute atomic E-state index is 2.40. The predicted octanol–water partition coefficient (Wildman–Crippen LogP) is 3.98. The number of rotatable bonds is 2. The van der Waals surface area contributed by atoms with E-state index in [4.69, 9.17) is 0 Å². The van der Waals surface area contributed by atoms with Gasteiger partial charge < -0.3 is 0 Å². The quantitative estimate of drug-likeness (QED) is 0.675. The lowest BCUT2D eigenvalue weighted by molar-refractivity contribution is 0.703. The van der Waals surface area contributed by atoms with Gasteiger partial charge in [-0.3, -0.25) is 0 Å². The van der Waals surface area contributed by atoms with Gasteiger partial charge in [0.05, 0.1) is 0 Å². The Hall–Kier alpha value is -0.690. The van der Waals surface area contributed by atoms with Crippen LogP contribution in [-0.4, -0.2) is 11.5 Å². The molecule has 0 heterocycles. The van der Waals surface area contributed by atoms with Crippen LogP contribution in [0.2, 0.25) is 0 Å². The molecule has 1 heteroatoms. The molecule has 0 N–H and O–H groups in total. The lowest BCUT2D eigenvalue weighted by atomic mass is 9.86. The van der Waals surface area contributed by atoms with Crippen molar-refractivity contribution in [1.29, 1.82) is 0 Å². The van der Waals surface area contributed by atoms with Gasteiger partial charge >= 0.3 is 0 Å². The van der Waals surface area contributed by atoms with E-state index in [0.717, 1.165) is 0 Å². The highest BCUT2D eigenvalue weighted by Crippen LogP contribution is 2.32. The molecular formula is C14H18S. The second-order valence-corrected chi connectivity index (χ2v) is 5.29. The zero-order chi connectivity index (χ0) is 10.7. The zero-order valence-electron chi connectivity index (χ0n) is 9.39. The van der Waals surface area contributed by atoms with Gasteiger partial charge in [0, 0.05) is 11.2 Å². The first kappa shape index (κ1) is 10.8. The van der Waals surface area contributed by atoms with Crippen molar-refractivity contribution < 1.29 is 0 Å². The van der Waals surface area contributed by atoms with Gasteiger partial charge in [0.1, 0.15) is 0 Å². The minimum atomic E-state index is 0.578. The molecule has 0 amide bonds. The van der Waals surface area contributed by atoms with Gasteiger partial charge in [-0.1, -0.05) is 49.5 Å². The van der Waals surface area contributed by atoms with Crippen LogP contribution in [0.4, 0.5) is 0 Å². The van der Waals surface area contributed by atoms with Gasteiger partial charge in [0.15, 0.2) is 0 Å². The molecule has 0 aliphatic heterocycles. The van der Waals surface area contributed by atoms with Gasteiger partial charge in [-0.25, -0.2) is 0 Å². The van der Waals surface area contributed by atoms with Gasteiger partial charge in [-0.05, 0) is 24.2 Å². The van der Waals surface area contributed by atoms with Crippen LogP contribution in [0.5, 0.6) is 0 Å². The monoisotopic (exact) mass is 218 g/mol. The molecule has 80 valence electrons. The lowest BCUT2D eigenvalue weighted by Gasteiger charge is -2.25. The maximum atomic E-state index is 2.40. The summed E-state index contributed by atoms with van der Waals surface area (Å²) in [5.74, 6) is 1.29. The Morgan fingerprint density at radius 3 is 2.67 bits per heavy atom. The molecule has 0 bridgehead atoms. The SMILES string of the molecule is CSC1C=CC=CC1C1=CCC(C)C=C1. The molecular weight excluding hydrogens is 200 g/mol. The Labute approximate surface area is 96.8 Å². The third-order valence-corrected chi connectivity index (χ3v) is 4.08. The van der Waals surface area contributed by atoms with Crippen LogP contribution in [0, 0.1) is 11.8 Å². The van der Waals surface area contributed by atoms with Crippen molar-refractivity contribution in [3.63, 3.8) is 0 Å². The second kappa shape index (κ2) is 4.89.